The quantitative estimate of drug-likeness (QED) is 0.415. The van der Waals surface area contributed by atoms with Gasteiger partial charge in [0.1, 0.15) is 10.6 Å². The standard InChI is InChI=1S/C17H12Cl2O2S/c1-9-7-11(8-10(2)14(9)18)21-17(20)16-15(19)12-5-3-4-6-13(12)22-16/h3-8H,1-2H3. The molecule has 0 radical (unpaired) electrons. The normalized spacial score (nSPS) is 10.9. The molecule has 1 aromatic heterocycles. The molecule has 0 fully saturated rings. The van der Waals surface area contributed by atoms with Crippen molar-refractivity contribution in [1.82, 2.24) is 0 Å². The van der Waals surface area contributed by atoms with E-state index in [4.69, 9.17) is 27.9 Å². The number of carbonyl (C=O) groups is 1. The molecule has 0 unspecified atom stereocenters. The third kappa shape index (κ3) is 2.72. The second-order valence-electron chi connectivity index (χ2n) is 5.00. The molecule has 0 bridgehead atoms. The van der Waals surface area contributed by atoms with E-state index in [0.717, 1.165) is 21.2 Å². The Morgan fingerprint density at radius 1 is 1.05 bits per heavy atom. The first-order chi connectivity index (χ1) is 10.5. The summed E-state index contributed by atoms with van der Waals surface area (Å²) in [5, 5.41) is 1.98. The minimum absolute atomic E-state index is 0.410. The van der Waals surface area contributed by atoms with Gasteiger partial charge in [-0.25, -0.2) is 4.79 Å². The van der Waals surface area contributed by atoms with E-state index in [1.54, 1.807) is 12.1 Å². The van der Waals surface area contributed by atoms with Gasteiger partial charge < -0.3 is 4.74 Å². The van der Waals surface area contributed by atoms with Crippen LogP contribution in [0.4, 0.5) is 0 Å². The fraction of sp³-hybridized carbons (Fsp3) is 0.118. The monoisotopic (exact) mass is 350 g/mol. The third-order valence-electron chi connectivity index (χ3n) is 3.34. The highest BCUT2D eigenvalue weighted by Crippen LogP contribution is 2.36. The Labute approximate surface area is 142 Å². The first-order valence-corrected chi connectivity index (χ1v) is 8.20. The number of benzene rings is 2. The average molecular weight is 351 g/mol. The molecule has 0 aliphatic carbocycles. The molecular formula is C17H12Cl2O2S. The zero-order valence-electron chi connectivity index (χ0n) is 11.9. The second-order valence-corrected chi connectivity index (χ2v) is 6.81. The Morgan fingerprint density at radius 3 is 2.32 bits per heavy atom. The second kappa shape index (κ2) is 5.92. The van der Waals surface area contributed by atoms with E-state index in [2.05, 4.69) is 0 Å². The van der Waals surface area contributed by atoms with Gasteiger partial charge in [-0.05, 0) is 43.2 Å². The van der Waals surface area contributed by atoms with Gasteiger partial charge in [-0.2, -0.15) is 0 Å². The maximum atomic E-state index is 12.4. The van der Waals surface area contributed by atoms with Gasteiger partial charge in [0.25, 0.3) is 0 Å². The van der Waals surface area contributed by atoms with Crippen LogP contribution >= 0.6 is 34.5 Å². The van der Waals surface area contributed by atoms with Crippen molar-refractivity contribution in [3.63, 3.8) is 0 Å². The van der Waals surface area contributed by atoms with Crippen molar-refractivity contribution >= 4 is 50.6 Å². The number of aryl methyl sites for hydroxylation is 2. The van der Waals surface area contributed by atoms with E-state index in [0.29, 0.717) is 20.7 Å². The summed E-state index contributed by atoms with van der Waals surface area (Å²) in [5.74, 6) is 0.0187. The van der Waals surface area contributed by atoms with E-state index in [1.807, 2.05) is 38.1 Å². The fourth-order valence-corrected chi connectivity index (χ4v) is 3.76. The molecule has 2 aromatic carbocycles. The summed E-state index contributed by atoms with van der Waals surface area (Å²) in [7, 11) is 0. The smallest absolute Gasteiger partial charge is 0.355 e. The van der Waals surface area contributed by atoms with Gasteiger partial charge in [-0.3, -0.25) is 0 Å². The van der Waals surface area contributed by atoms with Crippen molar-refractivity contribution in [2.45, 2.75) is 13.8 Å². The van der Waals surface area contributed by atoms with Crippen molar-refractivity contribution in [3.8, 4) is 5.75 Å². The minimum Gasteiger partial charge on any atom is -0.422 e. The van der Waals surface area contributed by atoms with Crippen molar-refractivity contribution in [1.29, 1.82) is 0 Å². The maximum absolute atomic E-state index is 12.4. The minimum atomic E-state index is -0.452. The number of thiophene rings is 1. The van der Waals surface area contributed by atoms with E-state index in [-0.39, 0.29) is 0 Å². The van der Waals surface area contributed by atoms with Gasteiger partial charge in [0.05, 0.1) is 5.02 Å². The third-order valence-corrected chi connectivity index (χ3v) is 5.59. The highest BCUT2D eigenvalue weighted by atomic mass is 35.5. The fourth-order valence-electron chi connectivity index (χ4n) is 2.26. The molecule has 2 nitrogen and oxygen atoms in total. The Bertz CT molecular complexity index is 860. The largest absolute Gasteiger partial charge is 0.422 e. The lowest BCUT2D eigenvalue weighted by atomic mass is 10.1. The van der Waals surface area contributed by atoms with Crippen LogP contribution in [-0.2, 0) is 0 Å². The number of carbonyl (C=O) groups excluding carboxylic acids is 1. The van der Waals surface area contributed by atoms with Crippen LogP contribution in [0.2, 0.25) is 10.0 Å². The van der Waals surface area contributed by atoms with E-state index >= 15 is 0 Å². The molecule has 22 heavy (non-hydrogen) atoms. The molecule has 5 heteroatoms. The summed E-state index contributed by atoms with van der Waals surface area (Å²) in [6, 6.07) is 11.1. The van der Waals surface area contributed by atoms with E-state index < -0.39 is 5.97 Å². The Kier molecular flexibility index (Phi) is 4.13. The summed E-state index contributed by atoms with van der Waals surface area (Å²) >= 11 is 13.7. The number of esters is 1. The molecule has 0 atom stereocenters. The first-order valence-electron chi connectivity index (χ1n) is 6.63. The SMILES string of the molecule is Cc1cc(OC(=O)c2sc3ccccc3c2Cl)cc(C)c1Cl. The lowest BCUT2D eigenvalue weighted by Crippen LogP contribution is -2.07. The topological polar surface area (TPSA) is 26.3 Å². The van der Waals surface area contributed by atoms with E-state index in [9.17, 15) is 4.79 Å². The predicted octanol–water partition coefficient (Wildman–Crippen LogP) is 6.04. The molecule has 0 saturated carbocycles. The van der Waals surface area contributed by atoms with Gasteiger partial charge >= 0.3 is 5.97 Å². The van der Waals surface area contributed by atoms with Crippen molar-refractivity contribution in [3.05, 3.63) is 62.4 Å². The molecule has 3 rings (SSSR count). The molecule has 112 valence electrons. The molecule has 0 N–H and O–H groups in total. The maximum Gasteiger partial charge on any atom is 0.355 e. The summed E-state index contributed by atoms with van der Waals surface area (Å²) in [5.41, 5.74) is 1.74. The van der Waals surface area contributed by atoms with Crippen LogP contribution in [0.25, 0.3) is 10.1 Å². The van der Waals surface area contributed by atoms with Crippen molar-refractivity contribution < 1.29 is 9.53 Å². The molecule has 0 saturated heterocycles. The number of hydrogen-bond acceptors (Lipinski definition) is 3. The molecule has 3 aromatic rings. The number of fused-ring (bicyclic) bond motifs is 1. The van der Waals surface area contributed by atoms with Gasteiger partial charge in [0.15, 0.2) is 0 Å². The zero-order valence-corrected chi connectivity index (χ0v) is 14.3. The van der Waals surface area contributed by atoms with Crippen molar-refractivity contribution in [2.24, 2.45) is 0 Å². The van der Waals surface area contributed by atoms with E-state index in [1.165, 1.54) is 11.3 Å². The number of hydrogen-bond donors (Lipinski definition) is 0. The van der Waals surface area contributed by atoms with Gasteiger partial charge in [-0.1, -0.05) is 41.4 Å². The first kappa shape index (κ1) is 15.3. The van der Waals surface area contributed by atoms with Gasteiger partial charge in [0, 0.05) is 15.1 Å². The number of rotatable bonds is 2. The number of ether oxygens (including phenoxy) is 1. The molecule has 0 amide bonds. The van der Waals surface area contributed by atoms with Crippen LogP contribution in [0.1, 0.15) is 20.8 Å². The summed E-state index contributed by atoms with van der Waals surface area (Å²) in [4.78, 5) is 12.8. The predicted molar refractivity (Wildman–Crippen MR) is 92.7 cm³/mol. The number of halogens is 2. The molecule has 1 heterocycles. The Hall–Kier alpha value is -1.55. The van der Waals surface area contributed by atoms with Crippen LogP contribution < -0.4 is 4.74 Å². The van der Waals surface area contributed by atoms with Crippen LogP contribution in [0.15, 0.2) is 36.4 Å². The zero-order chi connectivity index (χ0) is 15.9. The Morgan fingerprint density at radius 2 is 1.68 bits per heavy atom. The van der Waals surface area contributed by atoms with Crippen LogP contribution in [-0.4, -0.2) is 5.97 Å². The van der Waals surface area contributed by atoms with Gasteiger partial charge in [0.2, 0.25) is 0 Å². The van der Waals surface area contributed by atoms with Crippen LogP contribution in [0, 0.1) is 13.8 Å². The summed E-state index contributed by atoms with van der Waals surface area (Å²) < 4.78 is 6.42. The van der Waals surface area contributed by atoms with Crippen LogP contribution in [0.3, 0.4) is 0 Å². The average Bonchev–Trinajstić information content (AvgIpc) is 2.82. The Balaban J connectivity index is 1.95. The molecule has 0 spiro atoms. The summed E-state index contributed by atoms with van der Waals surface area (Å²) in [6.07, 6.45) is 0. The lowest BCUT2D eigenvalue weighted by Gasteiger charge is -2.08. The van der Waals surface area contributed by atoms with Crippen molar-refractivity contribution in [2.75, 3.05) is 0 Å². The highest BCUT2D eigenvalue weighted by Gasteiger charge is 2.19. The lowest BCUT2D eigenvalue weighted by molar-refractivity contribution is 0.0740. The molecule has 0 aliphatic heterocycles. The molecule has 0 aliphatic rings. The highest BCUT2D eigenvalue weighted by molar-refractivity contribution is 7.21. The molecular weight excluding hydrogens is 339 g/mol. The van der Waals surface area contributed by atoms with Gasteiger partial charge in [-0.15, -0.1) is 11.3 Å². The summed E-state index contributed by atoms with van der Waals surface area (Å²) in [6.45, 7) is 3.75. The van der Waals surface area contributed by atoms with Crippen LogP contribution in [0.5, 0.6) is 5.75 Å².